The average Bonchev–Trinajstić information content (AvgIpc) is 3.06. The summed E-state index contributed by atoms with van der Waals surface area (Å²) in [5.74, 6) is -1.09. The highest BCUT2D eigenvalue weighted by molar-refractivity contribution is 6.03. The van der Waals surface area contributed by atoms with Gasteiger partial charge in [-0.05, 0) is 43.3 Å². The van der Waals surface area contributed by atoms with E-state index >= 15 is 0 Å². The normalized spacial score (nSPS) is 11.4. The number of nitrogens with zero attached hydrogens (tertiary/aromatic N) is 2. The number of carbonyl (C=O) groups excluding carboxylic acids is 1. The molecule has 8 heteroatoms. The van der Waals surface area contributed by atoms with E-state index in [1.807, 2.05) is 0 Å². The summed E-state index contributed by atoms with van der Waals surface area (Å²) >= 11 is 0. The molecule has 0 aliphatic heterocycles. The largest absolute Gasteiger partial charge is 0.416 e. The fraction of sp³-hybridized carbons (Fsp3) is 0.158. The Labute approximate surface area is 152 Å². The Morgan fingerprint density at radius 3 is 2.52 bits per heavy atom. The summed E-state index contributed by atoms with van der Waals surface area (Å²) in [5.41, 5.74) is 0.173. The van der Waals surface area contributed by atoms with Gasteiger partial charge in [0.2, 0.25) is 0 Å². The molecule has 1 heterocycles. The summed E-state index contributed by atoms with van der Waals surface area (Å²) < 4.78 is 53.5. The smallest absolute Gasteiger partial charge is 0.320 e. The molecule has 2 aromatic carbocycles. The molecule has 0 saturated heterocycles. The predicted octanol–water partition coefficient (Wildman–Crippen LogP) is 4.98. The van der Waals surface area contributed by atoms with E-state index in [0.29, 0.717) is 17.8 Å². The third-order valence-corrected chi connectivity index (χ3v) is 3.88. The highest BCUT2D eigenvalue weighted by Gasteiger charge is 2.30. The van der Waals surface area contributed by atoms with Crippen molar-refractivity contribution in [2.45, 2.75) is 19.6 Å². The third kappa shape index (κ3) is 4.16. The number of carbonyl (C=O) groups is 1. The van der Waals surface area contributed by atoms with Crippen LogP contribution in [0, 0.1) is 5.82 Å². The maximum absolute atomic E-state index is 13.2. The Kier molecular flexibility index (Phi) is 4.98. The lowest BCUT2D eigenvalue weighted by Gasteiger charge is -2.09. The molecular formula is C19H15F4N3O. The fourth-order valence-electron chi connectivity index (χ4n) is 2.62. The van der Waals surface area contributed by atoms with Crippen molar-refractivity contribution in [3.05, 3.63) is 71.7 Å². The molecule has 140 valence electrons. The van der Waals surface area contributed by atoms with E-state index in [9.17, 15) is 22.4 Å². The van der Waals surface area contributed by atoms with Gasteiger partial charge in [-0.2, -0.15) is 18.3 Å². The molecule has 0 radical (unpaired) electrons. The highest BCUT2D eigenvalue weighted by Crippen LogP contribution is 2.32. The van der Waals surface area contributed by atoms with E-state index in [1.165, 1.54) is 41.1 Å². The molecule has 1 amide bonds. The summed E-state index contributed by atoms with van der Waals surface area (Å²) in [5, 5.41) is 6.66. The van der Waals surface area contributed by atoms with Crippen molar-refractivity contribution >= 4 is 11.6 Å². The van der Waals surface area contributed by atoms with Crippen LogP contribution >= 0.6 is 0 Å². The molecule has 0 unspecified atom stereocenters. The van der Waals surface area contributed by atoms with Gasteiger partial charge in [-0.1, -0.05) is 18.2 Å². The van der Waals surface area contributed by atoms with Crippen LogP contribution in [0.3, 0.4) is 0 Å². The quantitative estimate of drug-likeness (QED) is 0.652. The number of anilines is 1. The maximum Gasteiger partial charge on any atom is 0.416 e. The first-order chi connectivity index (χ1) is 12.8. The minimum Gasteiger partial charge on any atom is -0.320 e. The zero-order valence-corrected chi connectivity index (χ0v) is 14.2. The number of benzene rings is 2. The molecule has 27 heavy (non-hydrogen) atoms. The maximum atomic E-state index is 13.2. The van der Waals surface area contributed by atoms with Crippen LogP contribution in [0.25, 0.3) is 11.3 Å². The van der Waals surface area contributed by atoms with Crippen molar-refractivity contribution in [1.29, 1.82) is 0 Å². The van der Waals surface area contributed by atoms with Crippen LogP contribution in [0.4, 0.5) is 23.2 Å². The Balaban J connectivity index is 1.93. The monoisotopic (exact) mass is 377 g/mol. The minimum atomic E-state index is -4.47. The van der Waals surface area contributed by atoms with Gasteiger partial charge in [-0.25, -0.2) is 4.39 Å². The lowest BCUT2D eigenvalue weighted by Crippen LogP contribution is -2.13. The van der Waals surface area contributed by atoms with Crippen molar-refractivity contribution in [3.8, 4) is 11.3 Å². The van der Waals surface area contributed by atoms with E-state index in [1.54, 1.807) is 6.92 Å². The second kappa shape index (κ2) is 7.22. The number of nitrogens with one attached hydrogen (secondary N) is 1. The van der Waals surface area contributed by atoms with Crippen LogP contribution in [-0.2, 0) is 12.7 Å². The van der Waals surface area contributed by atoms with Gasteiger partial charge < -0.3 is 5.32 Å². The number of halogens is 4. The Morgan fingerprint density at radius 2 is 1.85 bits per heavy atom. The molecule has 0 saturated carbocycles. The van der Waals surface area contributed by atoms with E-state index in [0.717, 1.165) is 18.2 Å². The van der Waals surface area contributed by atoms with Crippen molar-refractivity contribution < 1.29 is 22.4 Å². The zero-order chi connectivity index (χ0) is 19.6. The lowest BCUT2D eigenvalue weighted by molar-refractivity contribution is -0.137. The van der Waals surface area contributed by atoms with Crippen LogP contribution in [0.5, 0.6) is 0 Å². The molecule has 0 atom stereocenters. The van der Waals surface area contributed by atoms with Gasteiger partial charge in [0.25, 0.3) is 5.91 Å². The minimum absolute atomic E-state index is 0.0218. The Hall–Kier alpha value is -3.16. The molecule has 0 fully saturated rings. The number of aromatic nitrogens is 2. The number of aryl methyl sites for hydroxylation is 1. The molecule has 0 bridgehead atoms. The van der Waals surface area contributed by atoms with Crippen LogP contribution in [0.2, 0.25) is 0 Å². The molecule has 0 spiro atoms. The molecular weight excluding hydrogens is 362 g/mol. The van der Waals surface area contributed by atoms with Crippen LogP contribution in [0.15, 0.2) is 54.6 Å². The summed E-state index contributed by atoms with van der Waals surface area (Å²) in [4.78, 5) is 12.4. The number of hydrogen-bond acceptors (Lipinski definition) is 2. The van der Waals surface area contributed by atoms with E-state index in [2.05, 4.69) is 10.4 Å². The molecule has 3 aromatic rings. The molecule has 0 aliphatic rings. The Bertz CT molecular complexity index is 979. The lowest BCUT2D eigenvalue weighted by atomic mass is 10.1. The number of hydrogen-bond donors (Lipinski definition) is 1. The first-order valence-corrected chi connectivity index (χ1v) is 8.10. The number of rotatable bonds is 4. The van der Waals surface area contributed by atoms with Crippen molar-refractivity contribution in [1.82, 2.24) is 9.78 Å². The van der Waals surface area contributed by atoms with E-state index in [-0.39, 0.29) is 11.4 Å². The highest BCUT2D eigenvalue weighted by atomic mass is 19.4. The summed E-state index contributed by atoms with van der Waals surface area (Å²) in [7, 11) is 0. The standard InChI is InChI=1S/C19H15F4N3O/c1-2-26-17(12-5-3-6-13(9-12)19(21,22)23)11-16(25-26)18(27)24-15-8-4-7-14(20)10-15/h3-11H,2H2,1H3,(H,24,27). The fourth-order valence-corrected chi connectivity index (χ4v) is 2.62. The number of alkyl halides is 3. The van der Waals surface area contributed by atoms with Crippen LogP contribution < -0.4 is 5.32 Å². The summed E-state index contributed by atoms with van der Waals surface area (Å²) in [6.07, 6.45) is -4.47. The van der Waals surface area contributed by atoms with E-state index < -0.39 is 23.5 Å². The van der Waals surface area contributed by atoms with Crippen molar-refractivity contribution in [3.63, 3.8) is 0 Å². The van der Waals surface area contributed by atoms with Gasteiger partial charge in [-0.3, -0.25) is 9.48 Å². The second-order valence-corrected chi connectivity index (χ2v) is 5.77. The second-order valence-electron chi connectivity index (χ2n) is 5.77. The molecule has 3 rings (SSSR count). The van der Waals surface area contributed by atoms with Crippen molar-refractivity contribution in [2.24, 2.45) is 0 Å². The average molecular weight is 377 g/mol. The van der Waals surface area contributed by atoms with Gasteiger partial charge in [0.15, 0.2) is 5.69 Å². The predicted molar refractivity (Wildman–Crippen MR) is 92.7 cm³/mol. The SMILES string of the molecule is CCn1nc(C(=O)Nc2cccc(F)c2)cc1-c1cccc(C(F)(F)F)c1. The van der Waals surface area contributed by atoms with Crippen LogP contribution in [0.1, 0.15) is 23.0 Å². The van der Waals surface area contributed by atoms with Gasteiger partial charge in [0, 0.05) is 17.8 Å². The van der Waals surface area contributed by atoms with Gasteiger partial charge in [0.1, 0.15) is 5.82 Å². The Morgan fingerprint density at radius 1 is 1.11 bits per heavy atom. The van der Waals surface area contributed by atoms with Crippen LogP contribution in [-0.4, -0.2) is 15.7 Å². The molecule has 0 aliphatic carbocycles. The first-order valence-electron chi connectivity index (χ1n) is 8.10. The van der Waals surface area contributed by atoms with Gasteiger partial charge in [-0.15, -0.1) is 0 Å². The van der Waals surface area contributed by atoms with Gasteiger partial charge in [0.05, 0.1) is 11.3 Å². The topological polar surface area (TPSA) is 46.9 Å². The summed E-state index contributed by atoms with van der Waals surface area (Å²) in [6.45, 7) is 2.12. The summed E-state index contributed by atoms with van der Waals surface area (Å²) in [6, 6.07) is 11.6. The molecule has 1 aromatic heterocycles. The first kappa shape index (κ1) is 18.6. The zero-order valence-electron chi connectivity index (χ0n) is 14.2. The third-order valence-electron chi connectivity index (χ3n) is 3.88. The number of amides is 1. The molecule has 4 nitrogen and oxygen atoms in total. The molecule has 1 N–H and O–H groups in total. The van der Waals surface area contributed by atoms with E-state index in [4.69, 9.17) is 0 Å². The van der Waals surface area contributed by atoms with Crippen molar-refractivity contribution in [2.75, 3.05) is 5.32 Å². The van der Waals surface area contributed by atoms with Gasteiger partial charge >= 0.3 is 6.18 Å².